The average Bonchev–Trinajstić information content (AvgIpc) is 2.83. The summed E-state index contributed by atoms with van der Waals surface area (Å²) in [4.78, 5) is 2.53. The lowest BCUT2D eigenvalue weighted by Gasteiger charge is -2.37. The molecule has 0 radical (unpaired) electrons. The first kappa shape index (κ1) is 11.8. The minimum atomic E-state index is 0.567. The molecule has 1 aliphatic heterocycles. The molecular formula is C15H20N2O. The summed E-state index contributed by atoms with van der Waals surface area (Å²) in [5.74, 6) is 0. The Hall–Kier alpha value is -1.32. The van der Waals surface area contributed by atoms with Gasteiger partial charge in [0.15, 0.2) is 0 Å². The number of furan rings is 1. The molecule has 1 aliphatic rings. The lowest BCUT2D eigenvalue weighted by molar-refractivity contribution is 0.139. The molecule has 1 aromatic heterocycles. The normalized spacial score (nSPS) is 25.7. The fraction of sp³-hybridized carbons (Fsp3) is 0.467. The van der Waals surface area contributed by atoms with Crippen LogP contribution in [0.15, 0.2) is 34.9 Å². The second-order valence-corrected chi connectivity index (χ2v) is 5.34. The third-order valence-electron chi connectivity index (χ3n) is 3.83. The predicted octanol–water partition coefficient (Wildman–Crippen LogP) is 2.62. The fourth-order valence-electron chi connectivity index (χ4n) is 2.72. The summed E-state index contributed by atoms with van der Waals surface area (Å²) >= 11 is 0. The summed E-state index contributed by atoms with van der Waals surface area (Å²) in [5, 5.41) is 4.71. The van der Waals surface area contributed by atoms with E-state index in [1.54, 1.807) is 6.26 Å². The highest BCUT2D eigenvalue weighted by molar-refractivity contribution is 5.80. The molecule has 0 saturated carbocycles. The van der Waals surface area contributed by atoms with Crippen molar-refractivity contribution in [1.82, 2.24) is 10.2 Å². The van der Waals surface area contributed by atoms with Gasteiger partial charge in [0.25, 0.3) is 0 Å². The molecule has 0 amide bonds. The van der Waals surface area contributed by atoms with Crippen LogP contribution in [-0.2, 0) is 6.54 Å². The standard InChI is InChI=1S/C15H20N2O/c1-11-9-17(12(2)8-16-11)10-14-5-3-4-13-6-7-18-15(13)14/h3-7,11-12,16H,8-10H2,1-2H3/t11-,12+/m1/s1. The van der Waals surface area contributed by atoms with E-state index in [0.29, 0.717) is 12.1 Å². The predicted molar refractivity (Wildman–Crippen MR) is 73.6 cm³/mol. The molecule has 1 aromatic carbocycles. The summed E-state index contributed by atoms with van der Waals surface area (Å²) in [5.41, 5.74) is 2.33. The van der Waals surface area contributed by atoms with Crippen LogP contribution in [-0.4, -0.2) is 30.1 Å². The smallest absolute Gasteiger partial charge is 0.138 e. The summed E-state index contributed by atoms with van der Waals surface area (Å²) in [6.45, 7) is 7.65. The molecule has 96 valence electrons. The molecule has 1 fully saturated rings. The Kier molecular flexibility index (Phi) is 3.10. The zero-order valence-corrected chi connectivity index (χ0v) is 11.0. The van der Waals surface area contributed by atoms with E-state index in [1.807, 2.05) is 6.07 Å². The number of nitrogens with one attached hydrogen (secondary N) is 1. The van der Waals surface area contributed by atoms with Crippen molar-refractivity contribution in [1.29, 1.82) is 0 Å². The molecule has 2 atom stereocenters. The first-order valence-corrected chi connectivity index (χ1v) is 6.66. The van der Waals surface area contributed by atoms with Gasteiger partial charge in [0, 0.05) is 42.7 Å². The minimum Gasteiger partial charge on any atom is -0.464 e. The summed E-state index contributed by atoms with van der Waals surface area (Å²) in [6, 6.07) is 9.56. The van der Waals surface area contributed by atoms with Crippen LogP contribution in [0.3, 0.4) is 0 Å². The number of rotatable bonds is 2. The summed E-state index contributed by atoms with van der Waals surface area (Å²) in [6.07, 6.45) is 1.78. The van der Waals surface area contributed by atoms with Crippen LogP contribution in [0.25, 0.3) is 11.0 Å². The lowest BCUT2D eigenvalue weighted by Crippen LogP contribution is -2.53. The zero-order valence-electron chi connectivity index (χ0n) is 11.0. The quantitative estimate of drug-likeness (QED) is 0.880. The van der Waals surface area contributed by atoms with Gasteiger partial charge >= 0.3 is 0 Å². The third kappa shape index (κ3) is 2.16. The van der Waals surface area contributed by atoms with Crippen LogP contribution in [0.2, 0.25) is 0 Å². The van der Waals surface area contributed by atoms with Crippen molar-refractivity contribution in [2.24, 2.45) is 0 Å². The lowest BCUT2D eigenvalue weighted by atomic mass is 10.1. The average molecular weight is 244 g/mol. The maximum absolute atomic E-state index is 5.61. The molecule has 18 heavy (non-hydrogen) atoms. The Bertz CT molecular complexity index is 534. The maximum Gasteiger partial charge on any atom is 0.138 e. The molecule has 2 heterocycles. The number of fused-ring (bicyclic) bond motifs is 1. The van der Waals surface area contributed by atoms with Gasteiger partial charge in [-0.15, -0.1) is 0 Å². The van der Waals surface area contributed by atoms with E-state index in [9.17, 15) is 0 Å². The van der Waals surface area contributed by atoms with Crippen LogP contribution in [0, 0.1) is 0 Å². The molecule has 0 bridgehead atoms. The van der Waals surface area contributed by atoms with Crippen LogP contribution in [0.4, 0.5) is 0 Å². The topological polar surface area (TPSA) is 28.4 Å². The monoisotopic (exact) mass is 244 g/mol. The Morgan fingerprint density at radius 1 is 1.33 bits per heavy atom. The Balaban J connectivity index is 1.85. The van der Waals surface area contributed by atoms with E-state index in [0.717, 1.165) is 25.2 Å². The second kappa shape index (κ2) is 4.75. The molecule has 0 aliphatic carbocycles. The van der Waals surface area contributed by atoms with Gasteiger partial charge in [-0.2, -0.15) is 0 Å². The van der Waals surface area contributed by atoms with Gasteiger partial charge in [0.05, 0.1) is 6.26 Å². The number of hydrogen-bond donors (Lipinski definition) is 1. The van der Waals surface area contributed by atoms with E-state index >= 15 is 0 Å². The van der Waals surface area contributed by atoms with Crippen LogP contribution in [0.5, 0.6) is 0 Å². The van der Waals surface area contributed by atoms with Crippen LogP contribution >= 0.6 is 0 Å². The highest BCUT2D eigenvalue weighted by Gasteiger charge is 2.22. The van der Waals surface area contributed by atoms with Gasteiger partial charge < -0.3 is 9.73 Å². The number of nitrogens with zero attached hydrogens (tertiary/aromatic N) is 1. The number of benzene rings is 1. The van der Waals surface area contributed by atoms with Gasteiger partial charge in [-0.25, -0.2) is 0 Å². The molecule has 3 heteroatoms. The largest absolute Gasteiger partial charge is 0.464 e. The second-order valence-electron chi connectivity index (χ2n) is 5.34. The van der Waals surface area contributed by atoms with Gasteiger partial charge in [-0.1, -0.05) is 18.2 Å². The van der Waals surface area contributed by atoms with Crippen molar-refractivity contribution < 1.29 is 4.42 Å². The van der Waals surface area contributed by atoms with Crippen molar-refractivity contribution in [2.45, 2.75) is 32.5 Å². The SMILES string of the molecule is C[C@@H]1CN(Cc2cccc3ccoc23)[C@@H](C)CN1. The Morgan fingerprint density at radius 2 is 2.22 bits per heavy atom. The van der Waals surface area contributed by atoms with Crippen LogP contribution in [0.1, 0.15) is 19.4 Å². The molecular weight excluding hydrogens is 224 g/mol. The first-order chi connectivity index (χ1) is 8.74. The Labute approximate surface area is 108 Å². The van der Waals surface area contributed by atoms with Gasteiger partial charge in [0.2, 0.25) is 0 Å². The highest BCUT2D eigenvalue weighted by Crippen LogP contribution is 2.22. The summed E-state index contributed by atoms with van der Waals surface area (Å²) in [7, 11) is 0. The van der Waals surface area contributed by atoms with Crippen molar-refractivity contribution in [3.8, 4) is 0 Å². The van der Waals surface area contributed by atoms with E-state index in [1.165, 1.54) is 10.9 Å². The number of para-hydroxylation sites is 1. The number of hydrogen-bond acceptors (Lipinski definition) is 3. The van der Waals surface area contributed by atoms with Gasteiger partial charge in [-0.05, 0) is 19.9 Å². The van der Waals surface area contributed by atoms with E-state index in [-0.39, 0.29) is 0 Å². The minimum absolute atomic E-state index is 0.567. The molecule has 0 spiro atoms. The summed E-state index contributed by atoms with van der Waals surface area (Å²) < 4.78 is 5.61. The van der Waals surface area contributed by atoms with Crippen molar-refractivity contribution in [2.75, 3.05) is 13.1 Å². The van der Waals surface area contributed by atoms with Crippen LogP contribution < -0.4 is 5.32 Å². The van der Waals surface area contributed by atoms with E-state index in [2.05, 4.69) is 42.3 Å². The highest BCUT2D eigenvalue weighted by atomic mass is 16.3. The molecule has 1 N–H and O–H groups in total. The molecule has 3 nitrogen and oxygen atoms in total. The number of piperazine rings is 1. The van der Waals surface area contributed by atoms with E-state index in [4.69, 9.17) is 4.42 Å². The van der Waals surface area contributed by atoms with Crippen molar-refractivity contribution >= 4 is 11.0 Å². The molecule has 3 rings (SSSR count). The molecule has 2 aromatic rings. The maximum atomic E-state index is 5.61. The fourth-order valence-corrected chi connectivity index (χ4v) is 2.72. The van der Waals surface area contributed by atoms with Gasteiger partial charge in [0.1, 0.15) is 5.58 Å². The first-order valence-electron chi connectivity index (χ1n) is 6.66. The Morgan fingerprint density at radius 3 is 3.11 bits per heavy atom. The van der Waals surface area contributed by atoms with Gasteiger partial charge in [-0.3, -0.25) is 4.90 Å². The van der Waals surface area contributed by atoms with Crippen molar-refractivity contribution in [3.63, 3.8) is 0 Å². The van der Waals surface area contributed by atoms with Crippen molar-refractivity contribution in [3.05, 3.63) is 36.1 Å². The third-order valence-corrected chi connectivity index (χ3v) is 3.83. The zero-order chi connectivity index (χ0) is 12.5. The van der Waals surface area contributed by atoms with E-state index < -0.39 is 0 Å². The molecule has 1 saturated heterocycles. The molecule has 0 unspecified atom stereocenters.